The van der Waals surface area contributed by atoms with Crippen LogP contribution in [0.1, 0.15) is 49.9 Å². The average Bonchev–Trinajstić information content (AvgIpc) is 3.19. The van der Waals surface area contributed by atoms with Crippen molar-refractivity contribution in [2.45, 2.75) is 38.5 Å². The summed E-state index contributed by atoms with van der Waals surface area (Å²) in [4.78, 5) is 0. The lowest BCUT2D eigenvalue weighted by Crippen LogP contribution is -2.15. The number of benzene rings is 15. The molecule has 0 unspecified atom stereocenters. The van der Waals surface area contributed by atoms with Gasteiger partial charge in [-0.15, -0.1) is 0 Å². The minimum Gasteiger partial charge on any atom is -0.456 e. The molecule has 85 heavy (non-hydrogen) atoms. The molecule has 0 spiro atoms. The molecular formula is C84H56O. The van der Waals surface area contributed by atoms with Crippen LogP contribution in [-0.4, -0.2) is 0 Å². The summed E-state index contributed by atoms with van der Waals surface area (Å²) in [6, 6.07) is 101. The third-order valence-corrected chi connectivity index (χ3v) is 19.8. The van der Waals surface area contributed by atoms with Crippen molar-refractivity contribution in [1.82, 2.24) is 0 Å². The lowest BCUT2D eigenvalue weighted by molar-refractivity contribution is 0.660. The van der Waals surface area contributed by atoms with Crippen molar-refractivity contribution in [1.29, 1.82) is 0 Å². The van der Waals surface area contributed by atoms with Gasteiger partial charge in [0.1, 0.15) is 11.2 Å². The molecule has 1 heteroatoms. The summed E-state index contributed by atoms with van der Waals surface area (Å²) in [6.07, 6.45) is 0. The van der Waals surface area contributed by atoms with Crippen LogP contribution in [0.3, 0.4) is 0 Å². The number of hydrogen-bond acceptors (Lipinski definition) is 1. The minimum absolute atomic E-state index is 0.137. The molecule has 398 valence electrons. The van der Waals surface area contributed by atoms with E-state index in [4.69, 9.17) is 4.42 Å². The first-order valence-corrected chi connectivity index (χ1v) is 30.0. The molecule has 1 aromatic heterocycles. The number of fused-ring (bicyclic) bond motifs is 21. The highest BCUT2D eigenvalue weighted by atomic mass is 16.3. The summed E-state index contributed by atoms with van der Waals surface area (Å²) in [5.74, 6) is 0. The zero-order valence-electron chi connectivity index (χ0n) is 47.8. The Morgan fingerprint density at radius 3 is 1.11 bits per heavy atom. The molecule has 0 N–H and O–H groups in total. The molecule has 0 atom stereocenters. The highest BCUT2D eigenvalue weighted by Gasteiger charge is 2.39. The van der Waals surface area contributed by atoms with Gasteiger partial charge in [0.15, 0.2) is 0 Å². The fourth-order valence-electron chi connectivity index (χ4n) is 15.6. The molecule has 1 nitrogen and oxygen atoms in total. The van der Waals surface area contributed by atoms with Gasteiger partial charge in [-0.25, -0.2) is 0 Å². The molecule has 0 saturated heterocycles. The Kier molecular flexibility index (Phi) is 9.98. The molecule has 0 radical (unpaired) electrons. The summed E-state index contributed by atoms with van der Waals surface area (Å²) in [7, 11) is 0. The van der Waals surface area contributed by atoms with Crippen LogP contribution in [0.5, 0.6) is 0 Å². The van der Waals surface area contributed by atoms with E-state index in [1.165, 1.54) is 159 Å². The number of rotatable bonds is 5. The lowest BCUT2D eigenvalue weighted by atomic mass is 9.80. The van der Waals surface area contributed by atoms with Gasteiger partial charge in [0.2, 0.25) is 0 Å². The van der Waals surface area contributed by atoms with Crippen LogP contribution >= 0.6 is 0 Å². The second kappa shape index (κ2) is 17.6. The van der Waals surface area contributed by atoms with E-state index in [9.17, 15) is 0 Å². The highest BCUT2D eigenvalue weighted by Crippen LogP contribution is 2.56. The van der Waals surface area contributed by atoms with E-state index in [-0.39, 0.29) is 10.8 Å². The molecule has 0 aliphatic heterocycles. The van der Waals surface area contributed by atoms with Crippen LogP contribution in [0.2, 0.25) is 0 Å². The smallest absolute Gasteiger partial charge is 0.136 e. The summed E-state index contributed by atoms with van der Waals surface area (Å²) in [5, 5.41) is 17.5. The Labute approximate surface area is 493 Å². The van der Waals surface area contributed by atoms with E-state index >= 15 is 0 Å². The van der Waals surface area contributed by atoms with Crippen LogP contribution < -0.4 is 0 Å². The SMILES string of the molecule is CC1(C)c2ccccc2-c2c(-c3cc(-c4ccc5c6ccccc6c6ccccc6c5c4)cc(-c4cc(-c5ccc6c7ccc(-c8ccc9c(c8)oc8ccccc89)cc7c7ccccc7c6c5)cc5c4-c4ccccc4C5(C)C)c3)cccc21. The fraction of sp³-hybridized carbons (Fsp3) is 0.0714. The number of hydrogen-bond donors (Lipinski definition) is 0. The lowest BCUT2D eigenvalue weighted by Gasteiger charge is -2.23. The molecule has 0 saturated carbocycles. The van der Waals surface area contributed by atoms with Gasteiger partial charge in [0.25, 0.3) is 0 Å². The van der Waals surface area contributed by atoms with E-state index in [0.717, 1.165) is 27.5 Å². The predicted octanol–water partition coefficient (Wildman–Crippen LogP) is 23.5. The predicted molar refractivity (Wildman–Crippen MR) is 361 cm³/mol. The van der Waals surface area contributed by atoms with Crippen molar-refractivity contribution >= 4 is 86.6 Å². The maximum Gasteiger partial charge on any atom is 0.136 e. The Morgan fingerprint density at radius 1 is 0.200 bits per heavy atom. The third kappa shape index (κ3) is 6.93. The quantitative estimate of drug-likeness (QED) is 0.157. The van der Waals surface area contributed by atoms with Gasteiger partial charge in [-0.3, -0.25) is 0 Å². The Hall–Kier alpha value is -10.3. The standard InChI is InChI=1S/C84H56O/c1-83(2)75-28-14-11-25-69(75)81-57(27-17-30-77(81)83)55-40-53(50-33-37-64-60-20-6-5-18-58(60)59-19-7-8-21-61(59)73(64)44-50)41-56(42-55)71-46-54(47-78-82(71)70-26-12-15-29-76(70)84(78,3)4)51-34-38-66-65-36-32-49(43-72(65)62-22-9-10-23-63(62)74(66)45-51)52-35-39-68-67-24-13-16-31-79(67)85-80(68)48-52/h5-48H,1-4H3. The largest absolute Gasteiger partial charge is 0.456 e. The van der Waals surface area contributed by atoms with Crippen molar-refractivity contribution < 1.29 is 4.42 Å². The monoisotopic (exact) mass is 1080 g/mol. The first kappa shape index (κ1) is 48.2. The van der Waals surface area contributed by atoms with Crippen molar-refractivity contribution in [3.8, 4) is 77.9 Å². The van der Waals surface area contributed by atoms with Gasteiger partial charge in [-0.1, -0.05) is 228 Å². The van der Waals surface area contributed by atoms with Crippen molar-refractivity contribution in [3.63, 3.8) is 0 Å². The van der Waals surface area contributed by atoms with Gasteiger partial charge < -0.3 is 4.42 Å². The van der Waals surface area contributed by atoms with E-state index in [0.29, 0.717) is 0 Å². The normalized spacial score (nSPS) is 13.8. The molecular weight excluding hydrogens is 1020 g/mol. The second-order valence-electron chi connectivity index (χ2n) is 25.0. The molecule has 0 fully saturated rings. The molecule has 1 heterocycles. The molecule has 18 rings (SSSR count). The summed E-state index contributed by atoms with van der Waals surface area (Å²) < 4.78 is 6.38. The van der Waals surface area contributed by atoms with E-state index in [1.54, 1.807) is 0 Å². The van der Waals surface area contributed by atoms with Crippen LogP contribution in [0.15, 0.2) is 271 Å². The first-order chi connectivity index (χ1) is 41.6. The zero-order valence-corrected chi connectivity index (χ0v) is 47.8. The zero-order chi connectivity index (χ0) is 56.4. The number of furan rings is 1. The average molecular weight is 1080 g/mol. The number of para-hydroxylation sites is 1. The molecule has 2 aliphatic rings. The molecule has 15 aromatic carbocycles. The molecule has 16 aromatic rings. The second-order valence-corrected chi connectivity index (χ2v) is 25.0. The molecule has 0 bridgehead atoms. The minimum atomic E-state index is -0.249. The topological polar surface area (TPSA) is 13.1 Å². The van der Waals surface area contributed by atoms with Gasteiger partial charge in [-0.2, -0.15) is 0 Å². The van der Waals surface area contributed by atoms with Crippen molar-refractivity contribution in [2.75, 3.05) is 0 Å². The van der Waals surface area contributed by atoms with Crippen molar-refractivity contribution in [2.24, 2.45) is 0 Å². The van der Waals surface area contributed by atoms with Gasteiger partial charge in [-0.05, 0) is 232 Å². The maximum atomic E-state index is 6.38. The van der Waals surface area contributed by atoms with Crippen LogP contribution in [0.4, 0.5) is 0 Å². The van der Waals surface area contributed by atoms with Crippen LogP contribution in [0, 0.1) is 0 Å². The Bertz CT molecular complexity index is 5550. The fourth-order valence-corrected chi connectivity index (χ4v) is 15.6. The van der Waals surface area contributed by atoms with E-state index in [1.807, 2.05) is 6.07 Å². The van der Waals surface area contributed by atoms with Crippen molar-refractivity contribution in [3.05, 3.63) is 289 Å². The maximum absolute atomic E-state index is 6.38. The van der Waals surface area contributed by atoms with E-state index < -0.39 is 0 Å². The Balaban J connectivity index is 0.863. The molecule has 0 amide bonds. The van der Waals surface area contributed by atoms with Gasteiger partial charge >= 0.3 is 0 Å². The van der Waals surface area contributed by atoms with E-state index in [2.05, 4.69) is 289 Å². The van der Waals surface area contributed by atoms with Crippen LogP contribution in [-0.2, 0) is 10.8 Å². The van der Waals surface area contributed by atoms with Gasteiger partial charge in [0.05, 0.1) is 0 Å². The third-order valence-electron chi connectivity index (χ3n) is 19.8. The summed E-state index contributed by atoms with van der Waals surface area (Å²) >= 11 is 0. The highest BCUT2D eigenvalue weighted by molar-refractivity contribution is 6.27. The summed E-state index contributed by atoms with van der Waals surface area (Å²) in [6.45, 7) is 9.62. The van der Waals surface area contributed by atoms with Gasteiger partial charge in [0, 0.05) is 21.6 Å². The first-order valence-electron chi connectivity index (χ1n) is 30.0. The summed E-state index contributed by atoms with van der Waals surface area (Å²) in [5.41, 5.74) is 24.3. The molecule has 2 aliphatic carbocycles. The Morgan fingerprint density at radius 2 is 0.553 bits per heavy atom. The van der Waals surface area contributed by atoms with Crippen LogP contribution in [0.25, 0.3) is 164 Å².